The molecule has 0 spiro atoms. The maximum absolute atomic E-state index is 9.59. The van der Waals surface area contributed by atoms with Gasteiger partial charge in [-0.1, -0.05) is 25.5 Å². The lowest BCUT2D eigenvalue weighted by Gasteiger charge is -2.05. The second kappa shape index (κ2) is 8.92. The molecule has 138 valence electrons. The zero-order chi connectivity index (χ0) is 19.1. The molecule has 0 atom stereocenters. The molecule has 0 unspecified atom stereocenters. The molecular weight excluding hydrogens is 340 g/mol. The normalized spacial score (nSPS) is 11.5. The highest BCUT2D eigenvalue weighted by Gasteiger charge is 2.13. The van der Waals surface area contributed by atoms with Gasteiger partial charge in [-0.25, -0.2) is 15.0 Å². The molecular formula is C20H22N6O. The van der Waals surface area contributed by atoms with Crippen LogP contribution in [0.1, 0.15) is 31.0 Å². The predicted molar refractivity (Wildman–Crippen MR) is 105 cm³/mol. The van der Waals surface area contributed by atoms with Crippen LogP contribution in [-0.2, 0) is 17.9 Å². The van der Waals surface area contributed by atoms with Crippen molar-refractivity contribution in [3.63, 3.8) is 0 Å². The van der Waals surface area contributed by atoms with Gasteiger partial charge >= 0.3 is 0 Å². The summed E-state index contributed by atoms with van der Waals surface area (Å²) in [6.07, 6.45) is 8.16. The number of aromatic nitrogens is 4. The molecule has 7 heteroatoms. The van der Waals surface area contributed by atoms with E-state index in [1.807, 2.05) is 12.1 Å². The summed E-state index contributed by atoms with van der Waals surface area (Å²) in [5.74, 6) is 0. The number of imidazole rings is 1. The van der Waals surface area contributed by atoms with Crippen LogP contribution in [0.5, 0.6) is 0 Å². The van der Waals surface area contributed by atoms with E-state index in [-0.39, 0.29) is 0 Å². The number of methoxy groups -OCH3 is 1. The maximum atomic E-state index is 9.59. The molecule has 0 saturated heterocycles. The molecule has 0 fully saturated rings. The van der Waals surface area contributed by atoms with Gasteiger partial charge in [0.25, 0.3) is 0 Å². The number of nitrogens with zero attached hydrogens (tertiary/aromatic N) is 5. The summed E-state index contributed by atoms with van der Waals surface area (Å²) >= 11 is 0. The van der Waals surface area contributed by atoms with Crippen LogP contribution >= 0.6 is 0 Å². The van der Waals surface area contributed by atoms with Crippen LogP contribution in [0.4, 0.5) is 5.69 Å². The number of hydrogen-bond acceptors (Lipinski definition) is 6. The van der Waals surface area contributed by atoms with Gasteiger partial charge in [0, 0.05) is 19.0 Å². The van der Waals surface area contributed by atoms with Crippen LogP contribution < -0.4 is 5.32 Å². The Labute approximate surface area is 158 Å². The van der Waals surface area contributed by atoms with E-state index in [9.17, 15) is 5.26 Å². The second-order valence-electron chi connectivity index (χ2n) is 6.14. The first kappa shape index (κ1) is 18.5. The number of hydrogen-bond donors (Lipinski definition) is 1. The van der Waals surface area contributed by atoms with Gasteiger partial charge in [-0.05, 0) is 30.5 Å². The van der Waals surface area contributed by atoms with Crippen LogP contribution in [0, 0.1) is 11.3 Å². The van der Waals surface area contributed by atoms with E-state index in [4.69, 9.17) is 4.74 Å². The van der Waals surface area contributed by atoms with Crippen LogP contribution in [0.3, 0.4) is 0 Å². The fourth-order valence-corrected chi connectivity index (χ4v) is 2.77. The lowest BCUT2D eigenvalue weighted by atomic mass is 10.1. The third-order valence-corrected chi connectivity index (χ3v) is 4.20. The molecule has 0 amide bonds. The third-order valence-electron chi connectivity index (χ3n) is 4.20. The van der Waals surface area contributed by atoms with Crippen molar-refractivity contribution in [2.45, 2.75) is 32.9 Å². The molecule has 0 radical (unpaired) electrons. The minimum absolute atomic E-state index is 0.335. The van der Waals surface area contributed by atoms with Gasteiger partial charge < -0.3 is 10.1 Å². The number of anilines is 1. The summed E-state index contributed by atoms with van der Waals surface area (Å²) in [7, 11) is 1.60. The van der Waals surface area contributed by atoms with E-state index in [0.29, 0.717) is 29.2 Å². The van der Waals surface area contributed by atoms with Gasteiger partial charge in [0.05, 0.1) is 11.9 Å². The summed E-state index contributed by atoms with van der Waals surface area (Å²) in [5.41, 5.74) is 4.30. The van der Waals surface area contributed by atoms with E-state index < -0.39 is 0 Å². The first-order valence-corrected chi connectivity index (χ1v) is 8.87. The van der Waals surface area contributed by atoms with Crippen molar-refractivity contribution in [3.8, 4) is 6.07 Å². The highest BCUT2D eigenvalue weighted by atomic mass is 16.5. The number of allylic oxidation sites excluding steroid dienone is 1. The quantitative estimate of drug-likeness (QED) is 0.614. The minimum atomic E-state index is 0.335. The topological polar surface area (TPSA) is 88.7 Å². The van der Waals surface area contributed by atoms with Crippen molar-refractivity contribution in [1.29, 1.82) is 5.26 Å². The number of ether oxygens (including phenoxy) is 1. The zero-order valence-corrected chi connectivity index (χ0v) is 15.5. The van der Waals surface area contributed by atoms with E-state index >= 15 is 0 Å². The number of fused-ring (bicyclic) bond motifs is 1. The van der Waals surface area contributed by atoms with Gasteiger partial charge in [-0.3, -0.25) is 4.57 Å². The molecule has 1 aromatic carbocycles. The molecule has 0 aliphatic rings. The van der Waals surface area contributed by atoms with E-state index in [1.54, 1.807) is 24.2 Å². The average Bonchev–Trinajstić information content (AvgIpc) is 3.12. The molecule has 2 heterocycles. The number of benzene rings is 1. The average molecular weight is 362 g/mol. The molecule has 1 N–H and O–H groups in total. The first-order chi connectivity index (χ1) is 13.3. The number of nitrogens with one attached hydrogen (secondary N) is 1. The van der Waals surface area contributed by atoms with Crippen LogP contribution in [0.25, 0.3) is 16.7 Å². The molecule has 0 saturated carbocycles. The summed E-state index contributed by atoms with van der Waals surface area (Å²) in [6.45, 7) is 2.52. The molecule has 3 rings (SSSR count). The Morgan fingerprint density at radius 1 is 1.26 bits per heavy atom. The van der Waals surface area contributed by atoms with Gasteiger partial charge in [0.2, 0.25) is 0 Å². The Morgan fingerprint density at radius 3 is 2.78 bits per heavy atom. The summed E-state index contributed by atoms with van der Waals surface area (Å²) in [5, 5.41) is 12.8. The number of rotatable bonds is 8. The van der Waals surface area contributed by atoms with Crippen molar-refractivity contribution >= 4 is 22.4 Å². The molecule has 7 nitrogen and oxygen atoms in total. The zero-order valence-electron chi connectivity index (χ0n) is 15.5. The lowest BCUT2D eigenvalue weighted by Crippen LogP contribution is -2.00. The Hall–Kier alpha value is -3.24. The summed E-state index contributed by atoms with van der Waals surface area (Å²) < 4.78 is 6.89. The Kier molecular flexibility index (Phi) is 6.13. The third kappa shape index (κ3) is 4.30. The molecule has 0 aliphatic heterocycles. The van der Waals surface area contributed by atoms with Gasteiger partial charge in [0.15, 0.2) is 5.65 Å². The van der Waals surface area contributed by atoms with Crippen LogP contribution in [-0.4, -0.2) is 26.6 Å². The number of aryl methyl sites for hydroxylation is 1. The summed E-state index contributed by atoms with van der Waals surface area (Å²) in [6, 6.07) is 10.4. The Bertz CT molecular complexity index is 968. The predicted octanol–water partition coefficient (Wildman–Crippen LogP) is 3.75. The van der Waals surface area contributed by atoms with Crippen molar-refractivity contribution in [2.75, 3.05) is 12.4 Å². The molecule has 2 aromatic heterocycles. The SMILES string of the molecule is CCCCc1ccc(N/C=C(\C#N)c2ncnc3c2ncn3COC)cc1. The number of nitriles is 1. The van der Waals surface area contributed by atoms with Crippen molar-refractivity contribution in [1.82, 2.24) is 19.5 Å². The highest BCUT2D eigenvalue weighted by Crippen LogP contribution is 2.21. The van der Waals surface area contributed by atoms with Gasteiger partial charge in [0.1, 0.15) is 30.3 Å². The van der Waals surface area contributed by atoms with Crippen molar-refractivity contribution in [3.05, 3.63) is 54.4 Å². The van der Waals surface area contributed by atoms with Gasteiger partial charge in [-0.2, -0.15) is 5.26 Å². The van der Waals surface area contributed by atoms with Crippen molar-refractivity contribution < 1.29 is 4.74 Å². The molecule has 0 aliphatic carbocycles. The van der Waals surface area contributed by atoms with E-state index in [2.05, 4.69) is 45.4 Å². The Morgan fingerprint density at radius 2 is 2.07 bits per heavy atom. The fraction of sp³-hybridized carbons (Fsp3) is 0.300. The minimum Gasteiger partial charge on any atom is -0.364 e. The van der Waals surface area contributed by atoms with E-state index in [0.717, 1.165) is 12.1 Å². The second-order valence-corrected chi connectivity index (χ2v) is 6.14. The lowest BCUT2D eigenvalue weighted by molar-refractivity contribution is 0.134. The summed E-state index contributed by atoms with van der Waals surface area (Å²) in [4.78, 5) is 12.8. The van der Waals surface area contributed by atoms with Gasteiger partial charge in [-0.15, -0.1) is 0 Å². The van der Waals surface area contributed by atoms with E-state index in [1.165, 1.54) is 24.7 Å². The Balaban J connectivity index is 1.83. The molecule has 3 aromatic rings. The molecule has 0 bridgehead atoms. The largest absolute Gasteiger partial charge is 0.364 e. The maximum Gasteiger partial charge on any atom is 0.165 e. The highest BCUT2D eigenvalue weighted by molar-refractivity contribution is 5.90. The van der Waals surface area contributed by atoms with Crippen LogP contribution in [0.2, 0.25) is 0 Å². The standard InChI is InChI=1S/C20H22N6O/c1-3-4-5-15-6-8-17(9-7-15)22-11-16(10-21)18-19-20(24-12-23-18)26(13-25-19)14-27-2/h6-9,11-13,22H,3-5,14H2,1-2H3/b16-11+. The fourth-order valence-electron chi connectivity index (χ4n) is 2.77. The molecule has 27 heavy (non-hydrogen) atoms. The van der Waals surface area contributed by atoms with Crippen LogP contribution in [0.15, 0.2) is 43.1 Å². The number of unbranched alkanes of at least 4 members (excludes halogenated alkanes) is 1. The smallest absolute Gasteiger partial charge is 0.165 e. The monoisotopic (exact) mass is 362 g/mol. The van der Waals surface area contributed by atoms with Crippen molar-refractivity contribution in [2.24, 2.45) is 0 Å². The first-order valence-electron chi connectivity index (χ1n) is 8.87.